The Morgan fingerprint density at radius 2 is 2.00 bits per heavy atom. The van der Waals surface area contributed by atoms with Gasteiger partial charge in [-0.2, -0.15) is 13.2 Å². The summed E-state index contributed by atoms with van der Waals surface area (Å²) in [6.07, 6.45) is -5.25. The molecule has 1 aromatic carbocycles. The van der Waals surface area contributed by atoms with Crippen molar-refractivity contribution in [1.29, 1.82) is 0 Å². The van der Waals surface area contributed by atoms with E-state index in [2.05, 4.69) is 5.32 Å². The van der Waals surface area contributed by atoms with Crippen molar-refractivity contribution in [3.05, 3.63) is 35.1 Å². The third-order valence-corrected chi connectivity index (χ3v) is 2.23. The number of benzene rings is 1. The summed E-state index contributed by atoms with van der Waals surface area (Å²) in [5.41, 5.74) is 5.23. The number of hydrogen-bond donors (Lipinski definition) is 2. The average Bonchev–Trinajstić information content (AvgIpc) is 2.24. The summed E-state index contributed by atoms with van der Waals surface area (Å²) in [5.74, 6) is -1.31. The van der Waals surface area contributed by atoms with Crippen LogP contribution in [0.3, 0.4) is 0 Å². The van der Waals surface area contributed by atoms with Crippen LogP contribution in [0, 0.1) is 5.82 Å². The maximum atomic E-state index is 13.3. The first-order chi connectivity index (χ1) is 8.29. The number of carbonyl (C=O) groups excluding carboxylic acids is 1. The number of halogens is 4. The Morgan fingerprint density at radius 3 is 2.56 bits per heavy atom. The quantitative estimate of drug-likeness (QED) is 0.631. The summed E-state index contributed by atoms with van der Waals surface area (Å²) in [6, 6.07) is 3.50. The first-order valence-electron chi connectivity index (χ1n) is 5.15. The van der Waals surface area contributed by atoms with Crippen LogP contribution in [-0.2, 0) is 6.54 Å². The van der Waals surface area contributed by atoms with Gasteiger partial charge in [0, 0.05) is 24.2 Å². The zero-order valence-corrected chi connectivity index (χ0v) is 9.35. The highest BCUT2D eigenvalue weighted by atomic mass is 19.4. The molecule has 1 amide bonds. The first kappa shape index (κ1) is 14.4. The molecule has 18 heavy (non-hydrogen) atoms. The van der Waals surface area contributed by atoms with Gasteiger partial charge in [0.05, 0.1) is 6.42 Å². The second-order valence-corrected chi connectivity index (χ2v) is 3.71. The molecule has 0 fully saturated rings. The molecule has 0 aliphatic rings. The fourth-order valence-electron chi connectivity index (χ4n) is 1.32. The minimum Gasteiger partial charge on any atom is -0.366 e. The van der Waals surface area contributed by atoms with Crippen LogP contribution >= 0.6 is 0 Å². The van der Waals surface area contributed by atoms with Crippen molar-refractivity contribution in [3.8, 4) is 0 Å². The van der Waals surface area contributed by atoms with E-state index >= 15 is 0 Å². The maximum Gasteiger partial charge on any atom is 0.390 e. The van der Waals surface area contributed by atoms with Gasteiger partial charge in [0.15, 0.2) is 0 Å². The second-order valence-electron chi connectivity index (χ2n) is 3.71. The van der Waals surface area contributed by atoms with Crippen molar-refractivity contribution in [2.45, 2.75) is 19.1 Å². The Kier molecular flexibility index (Phi) is 4.66. The maximum absolute atomic E-state index is 13.3. The molecule has 0 aliphatic carbocycles. The lowest BCUT2D eigenvalue weighted by atomic mass is 10.1. The summed E-state index contributed by atoms with van der Waals surface area (Å²) < 4.78 is 48.8. The van der Waals surface area contributed by atoms with Crippen LogP contribution in [0.25, 0.3) is 0 Å². The average molecular weight is 264 g/mol. The summed E-state index contributed by atoms with van der Waals surface area (Å²) >= 11 is 0. The molecule has 0 radical (unpaired) electrons. The molecule has 7 heteroatoms. The number of nitrogens with one attached hydrogen (secondary N) is 1. The highest BCUT2D eigenvalue weighted by Gasteiger charge is 2.25. The number of hydrogen-bond acceptors (Lipinski definition) is 2. The molecule has 0 aromatic heterocycles. The van der Waals surface area contributed by atoms with Crippen LogP contribution in [-0.4, -0.2) is 18.6 Å². The molecule has 0 atom stereocenters. The molecule has 3 nitrogen and oxygen atoms in total. The number of primary amides is 1. The third kappa shape index (κ3) is 4.70. The predicted octanol–water partition coefficient (Wildman–Crippen LogP) is 1.97. The molecule has 3 N–H and O–H groups in total. The van der Waals surface area contributed by atoms with E-state index in [-0.39, 0.29) is 24.2 Å². The summed E-state index contributed by atoms with van der Waals surface area (Å²) in [7, 11) is 0. The zero-order valence-electron chi connectivity index (χ0n) is 9.35. The smallest absolute Gasteiger partial charge is 0.366 e. The normalized spacial score (nSPS) is 11.6. The van der Waals surface area contributed by atoms with Crippen LogP contribution in [0.4, 0.5) is 17.6 Å². The van der Waals surface area contributed by atoms with Crippen molar-refractivity contribution in [1.82, 2.24) is 5.32 Å². The van der Waals surface area contributed by atoms with Crippen LogP contribution in [0.1, 0.15) is 22.3 Å². The summed E-state index contributed by atoms with van der Waals surface area (Å²) in [5, 5.41) is 2.45. The molecular formula is C11H12F4N2O. The lowest BCUT2D eigenvalue weighted by Gasteiger charge is -2.09. The molecule has 0 heterocycles. The number of rotatable bonds is 5. The highest BCUT2D eigenvalue weighted by Crippen LogP contribution is 2.18. The first-order valence-corrected chi connectivity index (χ1v) is 5.15. The molecule has 0 aliphatic heterocycles. The van der Waals surface area contributed by atoms with E-state index in [1.54, 1.807) is 0 Å². The van der Waals surface area contributed by atoms with Crippen molar-refractivity contribution in [3.63, 3.8) is 0 Å². The predicted molar refractivity (Wildman–Crippen MR) is 57.3 cm³/mol. The van der Waals surface area contributed by atoms with Gasteiger partial charge in [-0.3, -0.25) is 4.79 Å². The number of carbonyl (C=O) groups is 1. The Balaban J connectivity index is 2.56. The Morgan fingerprint density at radius 1 is 1.33 bits per heavy atom. The van der Waals surface area contributed by atoms with Crippen LogP contribution in [0.2, 0.25) is 0 Å². The van der Waals surface area contributed by atoms with Gasteiger partial charge >= 0.3 is 6.18 Å². The molecule has 1 rings (SSSR count). The van der Waals surface area contributed by atoms with Crippen molar-refractivity contribution in [2.24, 2.45) is 5.73 Å². The van der Waals surface area contributed by atoms with Gasteiger partial charge in [-0.05, 0) is 18.2 Å². The molecule has 0 bridgehead atoms. The lowest BCUT2D eigenvalue weighted by molar-refractivity contribution is -0.133. The fourth-order valence-corrected chi connectivity index (χ4v) is 1.32. The Labute approximate surface area is 101 Å². The van der Waals surface area contributed by atoms with Gasteiger partial charge in [0.25, 0.3) is 0 Å². The summed E-state index contributed by atoms with van der Waals surface area (Å²) in [4.78, 5) is 10.9. The van der Waals surface area contributed by atoms with E-state index in [9.17, 15) is 22.4 Å². The van der Waals surface area contributed by atoms with Gasteiger partial charge in [0.1, 0.15) is 5.82 Å². The molecule has 1 aromatic rings. The Hall–Kier alpha value is -1.63. The minimum absolute atomic E-state index is 0.0942. The van der Waals surface area contributed by atoms with Crippen molar-refractivity contribution >= 4 is 5.91 Å². The van der Waals surface area contributed by atoms with Crippen molar-refractivity contribution in [2.75, 3.05) is 6.54 Å². The molecule has 0 unspecified atom stereocenters. The molecular weight excluding hydrogens is 252 g/mol. The van der Waals surface area contributed by atoms with E-state index < -0.39 is 24.3 Å². The third-order valence-electron chi connectivity index (χ3n) is 2.23. The van der Waals surface area contributed by atoms with E-state index in [0.29, 0.717) is 0 Å². The topological polar surface area (TPSA) is 55.1 Å². The highest BCUT2D eigenvalue weighted by molar-refractivity contribution is 5.92. The fraction of sp³-hybridized carbons (Fsp3) is 0.364. The molecule has 0 saturated carbocycles. The number of alkyl halides is 3. The van der Waals surface area contributed by atoms with Crippen molar-refractivity contribution < 1.29 is 22.4 Å². The monoisotopic (exact) mass is 264 g/mol. The summed E-state index contributed by atoms with van der Waals surface area (Å²) in [6.45, 7) is -0.410. The van der Waals surface area contributed by atoms with Gasteiger partial charge in [-0.15, -0.1) is 0 Å². The lowest BCUT2D eigenvalue weighted by Crippen LogP contribution is -2.22. The van der Waals surface area contributed by atoms with E-state index in [4.69, 9.17) is 5.73 Å². The second kappa shape index (κ2) is 5.81. The zero-order chi connectivity index (χ0) is 13.8. The standard InChI is InChI=1S/C11H12F4N2O/c12-9-2-1-7(10(16)18)5-8(9)6-17-4-3-11(13,14)15/h1-2,5,17H,3-4,6H2,(H2,16,18). The van der Waals surface area contributed by atoms with Gasteiger partial charge in [-0.1, -0.05) is 0 Å². The largest absolute Gasteiger partial charge is 0.390 e. The minimum atomic E-state index is -4.25. The van der Waals surface area contributed by atoms with Gasteiger partial charge in [-0.25, -0.2) is 4.39 Å². The molecule has 0 saturated heterocycles. The number of nitrogens with two attached hydrogens (primary N) is 1. The van der Waals surface area contributed by atoms with E-state index in [0.717, 1.165) is 6.07 Å². The van der Waals surface area contributed by atoms with Gasteiger partial charge in [0.2, 0.25) is 5.91 Å². The van der Waals surface area contributed by atoms with E-state index in [1.165, 1.54) is 12.1 Å². The number of amides is 1. The van der Waals surface area contributed by atoms with Crippen LogP contribution in [0.5, 0.6) is 0 Å². The molecule has 0 spiro atoms. The SMILES string of the molecule is NC(=O)c1ccc(F)c(CNCCC(F)(F)F)c1. The van der Waals surface area contributed by atoms with Crippen LogP contribution < -0.4 is 11.1 Å². The molecule has 100 valence electrons. The van der Waals surface area contributed by atoms with Crippen LogP contribution in [0.15, 0.2) is 18.2 Å². The Bertz CT molecular complexity index is 432. The van der Waals surface area contributed by atoms with E-state index in [1.807, 2.05) is 0 Å². The van der Waals surface area contributed by atoms with Gasteiger partial charge < -0.3 is 11.1 Å².